The van der Waals surface area contributed by atoms with E-state index in [9.17, 15) is 15.2 Å². The van der Waals surface area contributed by atoms with Crippen molar-refractivity contribution >= 4 is 18.1 Å². The van der Waals surface area contributed by atoms with E-state index in [0.29, 0.717) is 11.7 Å². The normalized spacial score (nSPS) is 26.8. The molecule has 1 N–H and O–H groups in total. The minimum Gasteiger partial charge on any atom is -0.485 e. The van der Waals surface area contributed by atoms with E-state index in [-0.39, 0.29) is 24.1 Å². The molecule has 0 spiro atoms. The minimum absolute atomic E-state index is 0. The Balaban J connectivity index is 0.00000208. The molecule has 3 rings (SSSR count). The standard InChI is InChI=1S/C17H24N2O4.ClH/c1-11-6-8-18(9-7-11)15-13-10-12(19(21)22)4-5-14(13)23-17(2,3)16(15)20;/h4-5,10-11,15-16,20H,6-9H2,1-3H3;1H/t15-,16+;/m0./s1. The smallest absolute Gasteiger partial charge is 0.270 e. The van der Waals surface area contributed by atoms with Gasteiger partial charge < -0.3 is 9.84 Å². The van der Waals surface area contributed by atoms with Crippen molar-refractivity contribution in [3.05, 3.63) is 33.9 Å². The fraction of sp³-hybridized carbons (Fsp3) is 0.647. The number of hydrogen-bond donors (Lipinski definition) is 1. The Morgan fingerprint density at radius 1 is 1.33 bits per heavy atom. The van der Waals surface area contributed by atoms with Crippen molar-refractivity contribution in [3.63, 3.8) is 0 Å². The molecule has 0 saturated carbocycles. The van der Waals surface area contributed by atoms with Gasteiger partial charge in [0.05, 0.1) is 11.0 Å². The van der Waals surface area contributed by atoms with Gasteiger partial charge in [0.1, 0.15) is 17.5 Å². The van der Waals surface area contributed by atoms with Crippen molar-refractivity contribution in [3.8, 4) is 5.75 Å². The first-order valence-electron chi connectivity index (χ1n) is 8.19. The van der Waals surface area contributed by atoms with Gasteiger partial charge in [-0.15, -0.1) is 12.4 Å². The lowest BCUT2D eigenvalue weighted by Crippen LogP contribution is -2.54. The van der Waals surface area contributed by atoms with Gasteiger partial charge in [0.2, 0.25) is 0 Å². The van der Waals surface area contributed by atoms with E-state index in [2.05, 4.69) is 11.8 Å². The molecule has 2 aliphatic heterocycles. The topological polar surface area (TPSA) is 75.8 Å². The maximum absolute atomic E-state index is 11.1. The highest BCUT2D eigenvalue weighted by molar-refractivity contribution is 5.85. The predicted molar refractivity (Wildman–Crippen MR) is 93.8 cm³/mol. The molecule has 0 aromatic heterocycles. The van der Waals surface area contributed by atoms with Crippen molar-refractivity contribution in [2.24, 2.45) is 5.92 Å². The fourth-order valence-corrected chi connectivity index (χ4v) is 3.57. The summed E-state index contributed by atoms with van der Waals surface area (Å²) in [5.74, 6) is 1.32. The van der Waals surface area contributed by atoms with Gasteiger partial charge in [-0.2, -0.15) is 0 Å². The summed E-state index contributed by atoms with van der Waals surface area (Å²) >= 11 is 0. The SMILES string of the molecule is CC1CCN([C@H]2c3cc([N+](=O)[O-])ccc3OC(C)(C)[C@@H]2O)CC1.Cl. The predicted octanol–water partition coefficient (Wildman–Crippen LogP) is 3.32. The molecule has 0 aliphatic carbocycles. The second kappa shape index (κ2) is 6.86. The van der Waals surface area contributed by atoms with Crippen molar-refractivity contribution in [2.75, 3.05) is 13.1 Å². The van der Waals surface area contributed by atoms with Crippen molar-refractivity contribution in [2.45, 2.75) is 51.4 Å². The number of piperidine rings is 1. The quantitative estimate of drug-likeness (QED) is 0.649. The summed E-state index contributed by atoms with van der Waals surface area (Å²) in [6.45, 7) is 7.74. The van der Waals surface area contributed by atoms with E-state index in [0.717, 1.165) is 31.5 Å². The molecule has 2 aliphatic rings. The van der Waals surface area contributed by atoms with Crippen LogP contribution in [0.3, 0.4) is 0 Å². The van der Waals surface area contributed by atoms with Gasteiger partial charge in [-0.3, -0.25) is 15.0 Å². The summed E-state index contributed by atoms with van der Waals surface area (Å²) in [7, 11) is 0. The van der Waals surface area contributed by atoms with Gasteiger partial charge >= 0.3 is 0 Å². The molecule has 2 heterocycles. The van der Waals surface area contributed by atoms with Gasteiger partial charge in [0, 0.05) is 17.7 Å². The largest absolute Gasteiger partial charge is 0.485 e. The van der Waals surface area contributed by atoms with E-state index in [1.54, 1.807) is 12.1 Å². The Morgan fingerprint density at radius 3 is 2.54 bits per heavy atom. The van der Waals surface area contributed by atoms with Crippen LogP contribution in [0.4, 0.5) is 5.69 Å². The lowest BCUT2D eigenvalue weighted by Gasteiger charge is -2.47. The average Bonchev–Trinajstić information content (AvgIpc) is 2.49. The molecule has 1 aromatic rings. The van der Waals surface area contributed by atoms with Crippen LogP contribution in [-0.4, -0.2) is 39.7 Å². The molecule has 0 amide bonds. The number of nitrogens with zero attached hydrogens (tertiary/aromatic N) is 2. The van der Waals surface area contributed by atoms with Crippen LogP contribution in [0.5, 0.6) is 5.75 Å². The van der Waals surface area contributed by atoms with Crippen LogP contribution >= 0.6 is 12.4 Å². The fourth-order valence-electron chi connectivity index (χ4n) is 3.57. The van der Waals surface area contributed by atoms with Gasteiger partial charge in [0.15, 0.2) is 0 Å². The molecule has 0 bridgehead atoms. The summed E-state index contributed by atoms with van der Waals surface area (Å²) < 4.78 is 5.91. The zero-order chi connectivity index (χ0) is 16.8. The number of likely N-dealkylation sites (tertiary alicyclic amines) is 1. The van der Waals surface area contributed by atoms with Crippen molar-refractivity contribution in [1.82, 2.24) is 4.90 Å². The molecular formula is C17H25ClN2O4. The Morgan fingerprint density at radius 2 is 1.96 bits per heavy atom. The maximum atomic E-state index is 11.1. The third-order valence-corrected chi connectivity index (χ3v) is 5.12. The van der Waals surface area contributed by atoms with Crippen LogP contribution in [0.1, 0.15) is 45.2 Å². The monoisotopic (exact) mass is 356 g/mol. The van der Waals surface area contributed by atoms with E-state index >= 15 is 0 Å². The van der Waals surface area contributed by atoms with Crippen molar-refractivity contribution in [1.29, 1.82) is 0 Å². The number of aliphatic hydroxyl groups is 1. The lowest BCUT2D eigenvalue weighted by atomic mass is 9.84. The second-order valence-corrected chi connectivity index (χ2v) is 7.29. The first-order chi connectivity index (χ1) is 10.8. The average molecular weight is 357 g/mol. The molecule has 1 fully saturated rings. The van der Waals surface area contributed by atoms with E-state index in [1.807, 2.05) is 13.8 Å². The summed E-state index contributed by atoms with van der Waals surface area (Å²) in [6.07, 6.45) is 1.43. The number of rotatable bonds is 2. The number of benzene rings is 1. The molecule has 7 heteroatoms. The molecule has 1 aromatic carbocycles. The highest BCUT2D eigenvalue weighted by atomic mass is 35.5. The molecular weight excluding hydrogens is 332 g/mol. The Labute approximate surface area is 148 Å². The molecule has 1 saturated heterocycles. The van der Waals surface area contributed by atoms with Crippen molar-refractivity contribution < 1.29 is 14.8 Å². The highest BCUT2D eigenvalue weighted by Gasteiger charge is 2.46. The molecule has 2 atom stereocenters. The van der Waals surface area contributed by atoms with Gasteiger partial charge in [-0.1, -0.05) is 6.92 Å². The first-order valence-corrected chi connectivity index (χ1v) is 8.19. The number of non-ortho nitro benzene ring substituents is 1. The Bertz CT molecular complexity index is 615. The Kier molecular flexibility index (Phi) is 5.42. The summed E-state index contributed by atoms with van der Waals surface area (Å²) in [5.41, 5.74) is 0.0341. The zero-order valence-corrected chi connectivity index (χ0v) is 15.1. The summed E-state index contributed by atoms with van der Waals surface area (Å²) in [6, 6.07) is 4.40. The number of nitro groups is 1. The van der Waals surface area contributed by atoms with Gasteiger partial charge in [-0.05, 0) is 51.8 Å². The molecule has 0 radical (unpaired) electrons. The highest BCUT2D eigenvalue weighted by Crippen LogP contribution is 2.45. The molecule has 6 nitrogen and oxygen atoms in total. The number of fused-ring (bicyclic) bond motifs is 1. The zero-order valence-electron chi connectivity index (χ0n) is 14.3. The number of hydrogen-bond acceptors (Lipinski definition) is 5. The third-order valence-electron chi connectivity index (χ3n) is 5.12. The minimum atomic E-state index is -0.731. The summed E-state index contributed by atoms with van der Waals surface area (Å²) in [5, 5.41) is 22.0. The molecule has 0 unspecified atom stereocenters. The number of ether oxygens (including phenoxy) is 1. The van der Waals surface area contributed by atoms with E-state index in [4.69, 9.17) is 4.74 Å². The number of nitro benzene ring substituents is 1. The second-order valence-electron chi connectivity index (χ2n) is 7.29. The van der Waals surface area contributed by atoms with E-state index < -0.39 is 16.6 Å². The lowest BCUT2D eigenvalue weighted by molar-refractivity contribution is -0.385. The van der Waals surface area contributed by atoms with Crippen LogP contribution in [0, 0.1) is 16.0 Å². The van der Waals surface area contributed by atoms with Crippen LogP contribution in [0.15, 0.2) is 18.2 Å². The summed E-state index contributed by atoms with van der Waals surface area (Å²) in [4.78, 5) is 13.0. The van der Waals surface area contributed by atoms with Crippen LogP contribution < -0.4 is 4.74 Å². The van der Waals surface area contributed by atoms with Crippen LogP contribution in [-0.2, 0) is 0 Å². The molecule has 24 heavy (non-hydrogen) atoms. The van der Waals surface area contributed by atoms with Gasteiger partial charge in [0.25, 0.3) is 5.69 Å². The molecule has 134 valence electrons. The number of halogens is 1. The maximum Gasteiger partial charge on any atom is 0.270 e. The van der Waals surface area contributed by atoms with Gasteiger partial charge in [-0.25, -0.2) is 0 Å². The first kappa shape index (κ1) is 19.0. The number of aliphatic hydroxyl groups excluding tert-OH is 1. The Hall–Kier alpha value is -1.37. The van der Waals surface area contributed by atoms with E-state index in [1.165, 1.54) is 6.07 Å². The third kappa shape index (κ3) is 3.36. The van der Waals surface area contributed by atoms with Crippen LogP contribution in [0.25, 0.3) is 0 Å². The van der Waals surface area contributed by atoms with Crippen LogP contribution in [0.2, 0.25) is 0 Å².